The van der Waals surface area contributed by atoms with Crippen molar-refractivity contribution in [1.82, 2.24) is 0 Å². The molecule has 0 N–H and O–H groups in total. The van der Waals surface area contributed by atoms with Gasteiger partial charge in [-0.3, -0.25) is 4.79 Å². The molecular weight excluding hydrogens is 331 g/mol. The van der Waals surface area contributed by atoms with Crippen LogP contribution in [0.4, 0.5) is 0 Å². The average molecular weight is 362 g/mol. The molecule has 0 spiro atoms. The van der Waals surface area contributed by atoms with E-state index in [0.717, 1.165) is 11.2 Å². The molecule has 0 unspecified atom stereocenters. The van der Waals surface area contributed by atoms with E-state index in [9.17, 15) is 4.79 Å². The summed E-state index contributed by atoms with van der Waals surface area (Å²) in [5.74, 6) is 0.562. The quantitative estimate of drug-likeness (QED) is 0.441. The molecule has 6 heteroatoms. The summed E-state index contributed by atoms with van der Waals surface area (Å²) >= 11 is 0. The van der Waals surface area contributed by atoms with Gasteiger partial charge in [0.1, 0.15) is 11.4 Å². The van der Waals surface area contributed by atoms with Crippen molar-refractivity contribution in [1.29, 1.82) is 0 Å². The molecule has 1 aliphatic heterocycles. The molecule has 0 atom stereocenters. The molecule has 0 bridgehead atoms. The zero-order chi connectivity index (χ0) is 19.6. The first-order valence-electron chi connectivity index (χ1n) is 9.20. The molecule has 1 aliphatic rings. The Kier molecular flexibility index (Phi) is 6.08. The van der Waals surface area contributed by atoms with Gasteiger partial charge in [-0.2, -0.15) is 0 Å². The van der Waals surface area contributed by atoms with Gasteiger partial charge in [-0.05, 0) is 72.5 Å². The second-order valence-corrected chi connectivity index (χ2v) is 8.70. The molecule has 1 heterocycles. The summed E-state index contributed by atoms with van der Waals surface area (Å²) in [4.78, 5) is 11.7. The Bertz CT molecular complexity index is 600. The van der Waals surface area contributed by atoms with Crippen LogP contribution >= 0.6 is 0 Å². The van der Waals surface area contributed by atoms with Crippen molar-refractivity contribution in [2.24, 2.45) is 0 Å². The third-order valence-corrected chi connectivity index (χ3v) is 4.62. The SMILES string of the molecule is CC(C)(C)OC(=O)CCCOc1ccc(B2OC(C)(C)C(C)(C)O2)cc1. The lowest BCUT2D eigenvalue weighted by Crippen LogP contribution is -2.41. The van der Waals surface area contributed by atoms with Gasteiger partial charge in [-0.1, -0.05) is 12.1 Å². The van der Waals surface area contributed by atoms with Crippen LogP contribution in [0.25, 0.3) is 0 Å². The number of hydrogen-bond donors (Lipinski definition) is 0. The summed E-state index contributed by atoms with van der Waals surface area (Å²) in [6, 6.07) is 7.69. The van der Waals surface area contributed by atoms with E-state index in [1.807, 2.05) is 72.7 Å². The number of benzene rings is 1. The topological polar surface area (TPSA) is 54.0 Å². The summed E-state index contributed by atoms with van der Waals surface area (Å²) in [6.45, 7) is 14.2. The highest BCUT2D eigenvalue weighted by molar-refractivity contribution is 6.62. The zero-order valence-electron chi connectivity index (χ0n) is 17.0. The van der Waals surface area contributed by atoms with Crippen molar-refractivity contribution >= 4 is 18.6 Å². The molecular formula is C20H31BO5. The van der Waals surface area contributed by atoms with Crippen molar-refractivity contribution in [2.75, 3.05) is 6.61 Å². The van der Waals surface area contributed by atoms with Gasteiger partial charge in [-0.25, -0.2) is 0 Å². The van der Waals surface area contributed by atoms with Crippen molar-refractivity contribution in [2.45, 2.75) is 78.1 Å². The summed E-state index contributed by atoms with van der Waals surface area (Å²) < 4.78 is 23.1. The Labute approximate surface area is 157 Å². The number of carbonyl (C=O) groups is 1. The monoisotopic (exact) mass is 362 g/mol. The normalized spacial score (nSPS) is 18.7. The molecule has 1 aromatic rings. The Morgan fingerprint density at radius 1 is 1.04 bits per heavy atom. The molecule has 2 rings (SSSR count). The van der Waals surface area contributed by atoms with Crippen LogP contribution in [0.2, 0.25) is 0 Å². The number of hydrogen-bond acceptors (Lipinski definition) is 5. The lowest BCUT2D eigenvalue weighted by molar-refractivity contribution is -0.155. The fourth-order valence-corrected chi connectivity index (χ4v) is 2.50. The minimum Gasteiger partial charge on any atom is -0.494 e. The van der Waals surface area contributed by atoms with Crippen LogP contribution in [0, 0.1) is 0 Å². The Morgan fingerprint density at radius 3 is 2.08 bits per heavy atom. The first kappa shape index (κ1) is 20.8. The Hall–Kier alpha value is -1.53. The van der Waals surface area contributed by atoms with Crippen molar-refractivity contribution in [3.63, 3.8) is 0 Å². The van der Waals surface area contributed by atoms with E-state index in [1.165, 1.54) is 0 Å². The van der Waals surface area contributed by atoms with E-state index in [4.69, 9.17) is 18.8 Å². The zero-order valence-corrected chi connectivity index (χ0v) is 17.0. The van der Waals surface area contributed by atoms with Crippen molar-refractivity contribution in [3.8, 4) is 5.75 Å². The van der Waals surface area contributed by atoms with Gasteiger partial charge in [-0.15, -0.1) is 0 Å². The van der Waals surface area contributed by atoms with Crippen LogP contribution in [0.3, 0.4) is 0 Å². The van der Waals surface area contributed by atoms with E-state index < -0.39 is 5.60 Å². The summed E-state index contributed by atoms with van der Waals surface area (Å²) in [5.41, 5.74) is -0.186. The summed E-state index contributed by atoms with van der Waals surface area (Å²) in [5, 5.41) is 0. The molecule has 0 saturated carbocycles. The number of rotatable bonds is 6. The minimum absolute atomic E-state index is 0.197. The van der Waals surface area contributed by atoms with Gasteiger partial charge in [0.15, 0.2) is 0 Å². The third kappa shape index (κ3) is 5.48. The highest BCUT2D eigenvalue weighted by Crippen LogP contribution is 2.36. The number of ether oxygens (including phenoxy) is 2. The standard InChI is InChI=1S/C20H31BO5/c1-18(2,3)24-17(22)9-8-14-23-16-12-10-15(11-13-16)21-25-19(4,5)20(6,7)26-21/h10-13H,8-9,14H2,1-7H3. The maximum Gasteiger partial charge on any atom is 0.494 e. The molecule has 1 aromatic carbocycles. The van der Waals surface area contributed by atoms with E-state index in [0.29, 0.717) is 19.4 Å². The molecule has 1 saturated heterocycles. The lowest BCUT2D eigenvalue weighted by Gasteiger charge is -2.32. The van der Waals surface area contributed by atoms with Gasteiger partial charge in [0, 0.05) is 6.42 Å². The summed E-state index contributed by atoms with van der Waals surface area (Å²) in [6.07, 6.45) is 0.969. The van der Waals surface area contributed by atoms with Crippen LogP contribution in [-0.4, -0.2) is 36.5 Å². The molecule has 0 aliphatic carbocycles. The van der Waals surface area contributed by atoms with Crippen LogP contribution in [0.1, 0.15) is 61.3 Å². The fourth-order valence-electron chi connectivity index (χ4n) is 2.50. The number of carbonyl (C=O) groups excluding carboxylic acids is 1. The number of esters is 1. The molecule has 0 amide bonds. The minimum atomic E-state index is -0.443. The molecule has 0 radical (unpaired) electrons. The molecule has 144 valence electrons. The van der Waals surface area contributed by atoms with Crippen LogP contribution in [0.5, 0.6) is 5.75 Å². The maximum absolute atomic E-state index is 11.7. The van der Waals surface area contributed by atoms with Crippen LogP contribution in [-0.2, 0) is 18.8 Å². The second kappa shape index (κ2) is 7.61. The van der Waals surface area contributed by atoms with E-state index in [-0.39, 0.29) is 24.3 Å². The predicted molar refractivity (Wildman–Crippen MR) is 103 cm³/mol. The van der Waals surface area contributed by atoms with Crippen LogP contribution < -0.4 is 10.2 Å². The predicted octanol–water partition coefficient (Wildman–Crippen LogP) is 3.49. The van der Waals surface area contributed by atoms with E-state index in [1.54, 1.807) is 0 Å². The highest BCUT2D eigenvalue weighted by atomic mass is 16.7. The highest BCUT2D eigenvalue weighted by Gasteiger charge is 2.51. The van der Waals surface area contributed by atoms with Crippen molar-refractivity contribution < 1.29 is 23.6 Å². The Balaban J connectivity index is 1.79. The average Bonchev–Trinajstić information content (AvgIpc) is 2.71. The largest absolute Gasteiger partial charge is 0.494 e. The maximum atomic E-state index is 11.7. The van der Waals surface area contributed by atoms with E-state index in [2.05, 4.69) is 0 Å². The molecule has 26 heavy (non-hydrogen) atoms. The van der Waals surface area contributed by atoms with E-state index >= 15 is 0 Å². The van der Waals surface area contributed by atoms with Gasteiger partial charge in [0.2, 0.25) is 0 Å². The first-order chi connectivity index (χ1) is 11.9. The fraction of sp³-hybridized carbons (Fsp3) is 0.650. The molecule has 5 nitrogen and oxygen atoms in total. The second-order valence-electron chi connectivity index (χ2n) is 8.70. The van der Waals surface area contributed by atoms with Gasteiger partial charge < -0.3 is 18.8 Å². The molecule has 1 fully saturated rings. The van der Waals surface area contributed by atoms with Crippen molar-refractivity contribution in [3.05, 3.63) is 24.3 Å². The van der Waals surface area contributed by atoms with Crippen LogP contribution in [0.15, 0.2) is 24.3 Å². The third-order valence-electron chi connectivity index (χ3n) is 4.62. The first-order valence-corrected chi connectivity index (χ1v) is 9.20. The van der Waals surface area contributed by atoms with Gasteiger partial charge in [0.05, 0.1) is 17.8 Å². The van der Waals surface area contributed by atoms with Gasteiger partial charge >= 0.3 is 13.1 Å². The smallest absolute Gasteiger partial charge is 0.494 e. The lowest BCUT2D eigenvalue weighted by atomic mass is 9.79. The summed E-state index contributed by atoms with van der Waals surface area (Å²) in [7, 11) is -0.374. The molecule has 0 aromatic heterocycles. The van der Waals surface area contributed by atoms with Gasteiger partial charge in [0.25, 0.3) is 0 Å². The Morgan fingerprint density at radius 2 is 1.58 bits per heavy atom.